The van der Waals surface area contributed by atoms with Crippen molar-refractivity contribution in [1.82, 2.24) is 0 Å². The highest BCUT2D eigenvalue weighted by Gasteiger charge is 2.11. The van der Waals surface area contributed by atoms with Crippen LogP contribution in [0.4, 0.5) is 8.78 Å². The Morgan fingerprint density at radius 3 is 2.33 bits per heavy atom. The molecular formula is C14H10BrClF2. The van der Waals surface area contributed by atoms with E-state index >= 15 is 0 Å². The van der Waals surface area contributed by atoms with Crippen molar-refractivity contribution in [3.63, 3.8) is 0 Å². The van der Waals surface area contributed by atoms with E-state index < -0.39 is 0 Å². The van der Waals surface area contributed by atoms with Gasteiger partial charge >= 0.3 is 0 Å². The van der Waals surface area contributed by atoms with E-state index in [0.29, 0.717) is 16.5 Å². The van der Waals surface area contributed by atoms with Crippen molar-refractivity contribution in [3.8, 4) is 0 Å². The molecule has 0 saturated heterocycles. The van der Waals surface area contributed by atoms with E-state index in [2.05, 4.69) is 15.9 Å². The van der Waals surface area contributed by atoms with E-state index in [0.717, 1.165) is 5.56 Å². The Labute approximate surface area is 118 Å². The molecule has 94 valence electrons. The SMILES string of the molecule is Fc1ccc(CC(Cl)c2ccc(Br)c(F)c2)cc1. The van der Waals surface area contributed by atoms with Crippen LogP contribution in [0.15, 0.2) is 46.9 Å². The molecule has 0 aliphatic rings. The van der Waals surface area contributed by atoms with Crippen LogP contribution in [0.3, 0.4) is 0 Å². The van der Waals surface area contributed by atoms with Crippen molar-refractivity contribution >= 4 is 27.5 Å². The molecule has 18 heavy (non-hydrogen) atoms. The van der Waals surface area contributed by atoms with Crippen LogP contribution in [0.2, 0.25) is 0 Å². The van der Waals surface area contributed by atoms with Gasteiger partial charge in [-0.3, -0.25) is 0 Å². The number of halogens is 4. The summed E-state index contributed by atoms with van der Waals surface area (Å²) < 4.78 is 26.5. The minimum atomic E-state index is -0.336. The van der Waals surface area contributed by atoms with Crippen LogP contribution in [0.5, 0.6) is 0 Å². The fourth-order valence-corrected chi connectivity index (χ4v) is 2.21. The first-order valence-corrected chi connectivity index (χ1v) is 6.62. The van der Waals surface area contributed by atoms with Crippen molar-refractivity contribution in [2.24, 2.45) is 0 Å². The molecule has 0 fully saturated rings. The first-order chi connectivity index (χ1) is 8.56. The molecule has 0 spiro atoms. The van der Waals surface area contributed by atoms with E-state index in [1.54, 1.807) is 24.3 Å². The first kappa shape index (κ1) is 13.5. The van der Waals surface area contributed by atoms with Gasteiger partial charge in [-0.15, -0.1) is 11.6 Å². The van der Waals surface area contributed by atoms with Crippen LogP contribution in [0.25, 0.3) is 0 Å². The van der Waals surface area contributed by atoms with Crippen molar-refractivity contribution in [2.45, 2.75) is 11.8 Å². The smallest absolute Gasteiger partial charge is 0.137 e. The molecule has 1 unspecified atom stereocenters. The Hall–Kier alpha value is -0.930. The highest BCUT2D eigenvalue weighted by atomic mass is 79.9. The maximum atomic E-state index is 13.4. The van der Waals surface area contributed by atoms with E-state index in [9.17, 15) is 8.78 Å². The lowest BCUT2D eigenvalue weighted by atomic mass is 10.0. The third-order valence-corrected chi connectivity index (χ3v) is 3.68. The summed E-state index contributed by atoms with van der Waals surface area (Å²) in [6.07, 6.45) is 0.531. The Morgan fingerprint density at radius 2 is 1.72 bits per heavy atom. The molecule has 0 aliphatic heterocycles. The molecule has 2 aromatic carbocycles. The largest absolute Gasteiger partial charge is 0.207 e. The quantitative estimate of drug-likeness (QED) is 0.674. The molecule has 0 aliphatic carbocycles. The summed E-state index contributed by atoms with van der Waals surface area (Å²) in [5.74, 6) is -0.614. The van der Waals surface area contributed by atoms with E-state index in [1.165, 1.54) is 18.2 Å². The molecular weight excluding hydrogens is 322 g/mol. The second kappa shape index (κ2) is 5.81. The van der Waals surface area contributed by atoms with Gasteiger partial charge in [0.1, 0.15) is 11.6 Å². The summed E-state index contributed by atoms with van der Waals surface area (Å²) in [6, 6.07) is 11.0. The fourth-order valence-electron chi connectivity index (χ4n) is 1.65. The molecule has 0 heterocycles. The monoisotopic (exact) mass is 330 g/mol. The molecule has 1 atom stereocenters. The molecule has 4 heteroatoms. The van der Waals surface area contributed by atoms with Gasteiger partial charge in [0.25, 0.3) is 0 Å². The molecule has 2 rings (SSSR count). The third kappa shape index (κ3) is 3.30. The van der Waals surface area contributed by atoms with Gasteiger partial charge in [0.15, 0.2) is 0 Å². The standard InChI is InChI=1S/C14H10BrClF2/c15-12-6-3-10(8-14(12)18)13(16)7-9-1-4-11(17)5-2-9/h1-6,8,13H,7H2. The maximum Gasteiger partial charge on any atom is 0.137 e. The molecule has 0 aromatic heterocycles. The normalized spacial score (nSPS) is 12.4. The zero-order valence-electron chi connectivity index (χ0n) is 9.34. The zero-order valence-corrected chi connectivity index (χ0v) is 11.7. The Morgan fingerprint density at radius 1 is 1.06 bits per heavy atom. The van der Waals surface area contributed by atoms with E-state index in [4.69, 9.17) is 11.6 Å². The second-order valence-electron chi connectivity index (χ2n) is 3.97. The lowest BCUT2D eigenvalue weighted by molar-refractivity contribution is 0.618. The van der Waals surface area contributed by atoms with Crippen molar-refractivity contribution in [3.05, 3.63) is 69.7 Å². The van der Waals surface area contributed by atoms with Crippen LogP contribution in [-0.2, 0) is 6.42 Å². The summed E-state index contributed by atoms with van der Waals surface area (Å²) in [5.41, 5.74) is 1.63. The van der Waals surface area contributed by atoms with Gasteiger partial charge < -0.3 is 0 Å². The Kier molecular flexibility index (Phi) is 4.36. The van der Waals surface area contributed by atoms with Gasteiger partial charge in [-0.25, -0.2) is 8.78 Å². The number of alkyl halides is 1. The number of hydrogen-bond donors (Lipinski definition) is 0. The fraction of sp³-hybridized carbons (Fsp3) is 0.143. The maximum absolute atomic E-state index is 13.4. The van der Waals surface area contributed by atoms with Gasteiger partial charge in [-0.1, -0.05) is 18.2 Å². The second-order valence-corrected chi connectivity index (χ2v) is 5.35. The molecule has 2 aromatic rings. The number of rotatable bonds is 3. The molecule has 0 amide bonds. The summed E-state index contributed by atoms with van der Waals surface area (Å²) in [4.78, 5) is 0. The Balaban J connectivity index is 2.13. The minimum Gasteiger partial charge on any atom is -0.207 e. The van der Waals surface area contributed by atoms with Crippen molar-refractivity contribution in [1.29, 1.82) is 0 Å². The van der Waals surface area contributed by atoms with Crippen LogP contribution < -0.4 is 0 Å². The predicted molar refractivity (Wildman–Crippen MR) is 72.8 cm³/mol. The molecule has 0 nitrogen and oxygen atoms in total. The molecule has 0 bridgehead atoms. The first-order valence-electron chi connectivity index (χ1n) is 5.40. The molecule has 0 saturated carbocycles. The summed E-state index contributed by atoms with van der Waals surface area (Å²) in [6.45, 7) is 0. The minimum absolute atomic E-state index is 0.278. The van der Waals surface area contributed by atoms with Crippen LogP contribution >= 0.6 is 27.5 Å². The Bertz CT molecular complexity index is 540. The lowest BCUT2D eigenvalue weighted by Crippen LogP contribution is -1.97. The number of benzene rings is 2. The van der Waals surface area contributed by atoms with Crippen LogP contribution in [0, 0.1) is 11.6 Å². The van der Waals surface area contributed by atoms with Gasteiger partial charge in [0.05, 0.1) is 9.85 Å². The zero-order chi connectivity index (χ0) is 13.1. The van der Waals surface area contributed by atoms with E-state index in [1.807, 2.05) is 0 Å². The van der Waals surface area contributed by atoms with Gasteiger partial charge in [-0.05, 0) is 57.7 Å². The average molecular weight is 332 g/mol. The summed E-state index contributed by atoms with van der Waals surface area (Å²) >= 11 is 9.32. The van der Waals surface area contributed by atoms with Crippen molar-refractivity contribution in [2.75, 3.05) is 0 Å². The van der Waals surface area contributed by atoms with Crippen LogP contribution in [-0.4, -0.2) is 0 Å². The van der Waals surface area contributed by atoms with Crippen LogP contribution in [0.1, 0.15) is 16.5 Å². The highest BCUT2D eigenvalue weighted by Crippen LogP contribution is 2.27. The summed E-state index contributed by atoms with van der Waals surface area (Å²) in [7, 11) is 0. The third-order valence-electron chi connectivity index (χ3n) is 2.63. The highest BCUT2D eigenvalue weighted by molar-refractivity contribution is 9.10. The van der Waals surface area contributed by atoms with Gasteiger partial charge in [0, 0.05) is 0 Å². The van der Waals surface area contributed by atoms with E-state index in [-0.39, 0.29) is 17.0 Å². The number of hydrogen-bond acceptors (Lipinski definition) is 0. The average Bonchev–Trinajstić information content (AvgIpc) is 2.35. The molecule has 0 radical (unpaired) electrons. The topological polar surface area (TPSA) is 0 Å². The predicted octanol–water partition coefficient (Wildman–Crippen LogP) is 5.25. The molecule has 0 N–H and O–H groups in total. The van der Waals surface area contributed by atoms with Gasteiger partial charge in [0.2, 0.25) is 0 Å². The van der Waals surface area contributed by atoms with Crippen molar-refractivity contribution < 1.29 is 8.78 Å². The summed E-state index contributed by atoms with van der Waals surface area (Å²) in [5, 5.41) is -0.335. The lowest BCUT2D eigenvalue weighted by Gasteiger charge is -2.10. The van der Waals surface area contributed by atoms with Gasteiger partial charge in [-0.2, -0.15) is 0 Å².